The first-order valence-corrected chi connectivity index (χ1v) is 4.81. The van der Waals surface area contributed by atoms with Crippen LogP contribution in [-0.4, -0.2) is 11.1 Å². The lowest BCUT2D eigenvalue weighted by atomic mass is 10.3. The van der Waals surface area contributed by atoms with E-state index in [1.165, 1.54) is 0 Å². The van der Waals surface area contributed by atoms with Crippen molar-refractivity contribution in [2.24, 2.45) is 0 Å². The summed E-state index contributed by atoms with van der Waals surface area (Å²) in [5.41, 5.74) is 0.380. The van der Waals surface area contributed by atoms with E-state index < -0.39 is 0 Å². The third-order valence-electron chi connectivity index (χ3n) is 1.71. The van der Waals surface area contributed by atoms with Crippen LogP contribution in [0.25, 0.3) is 0 Å². The van der Waals surface area contributed by atoms with E-state index in [1.807, 2.05) is 6.07 Å². The molecule has 0 saturated heterocycles. The average Bonchev–Trinajstić information content (AvgIpc) is 2.87. The Morgan fingerprint density at radius 3 is 2.92 bits per heavy atom. The van der Waals surface area contributed by atoms with Gasteiger partial charge >= 0.3 is 0 Å². The summed E-state index contributed by atoms with van der Waals surface area (Å²) in [7, 11) is 0. The smallest absolute Gasteiger partial charge is 0.145 e. The highest BCUT2D eigenvalue weighted by Gasteiger charge is 2.23. The van der Waals surface area contributed by atoms with E-state index in [0.717, 1.165) is 18.6 Å². The van der Waals surface area contributed by atoms with Crippen molar-refractivity contribution in [1.29, 1.82) is 5.26 Å². The number of hydrogen-bond donors (Lipinski definition) is 0. The molecule has 3 nitrogen and oxygen atoms in total. The molecule has 1 aromatic rings. The van der Waals surface area contributed by atoms with Crippen LogP contribution in [0.15, 0.2) is 16.7 Å². The fraction of sp³-hybridized carbons (Fsp3) is 0.333. The predicted octanol–water partition coefficient (Wildman–Crippen LogP) is 2.26. The zero-order chi connectivity index (χ0) is 9.26. The lowest BCUT2D eigenvalue weighted by molar-refractivity contribution is 0.302. The van der Waals surface area contributed by atoms with Crippen LogP contribution in [0.3, 0.4) is 0 Å². The lowest BCUT2D eigenvalue weighted by Crippen LogP contribution is -1.97. The number of ether oxygens (including phenoxy) is 1. The summed E-state index contributed by atoms with van der Waals surface area (Å²) in [6, 6.07) is 5.41. The third kappa shape index (κ3) is 2.19. The van der Waals surface area contributed by atoms with Crippen molar-refractivity contribution in [1.82, 2.24) is 4.98 Å². The minimum atomic E-state index is 0.348. The molecule has 1 aliphatic carbocycles. The normalized spacial score (nSPS) is 15.1. The molecule has 1 aromatic heterocycles. The second-order valence-corrected chi connectivity index (χ2v) is 3.75. The minimum Gasteiger partial charge on any atom is -0.490 e. The fourth-order valence-corrected chi connectivity index (χ4v) is 1.39. The number of hydrogen-bond acceptors (Lipinski definition) is 3. The number of halogens is 1. The van der Waals surface area contributed by atoms with Crippen LogP contribution < -0.4 is 4.74 Å². The van der Waals surface area contributed by atoms with Crippen molar-refractivity contribution < 1.29 is 4.74 Å². The Bertz CT molecular complexity index is 368. The standard InChI is InChI=1S/C9H7BrN2O/c10-9-4-8(13-7-1-2-7)3-6(5-11)12-9/h3-4,7H,1-2H2. The second kappa shape index (κ2) is 3.35. The Morgan fingerprint density at radius 1 is 1.54 bits per heavy atom. The van der Waals surface area contributed by atoms with Crippen molar-refractivity contribution in [3.63, 3.8) is 0 Å². The molecule has 0 bridgehead atoms. The zero-order valence-corrected chi connectivity index (χ0v) is 8.41. The zero-order valence-electron chi connectivity index (χ0n) is 6.83. The second-order valence-electron chi connectivity index (χ2n) is 2.94. The molecule has 66 valence electrons. The lowest BCUT2D eigenvalue weighted by Gasteiger charge is -2.03. The van der Waals surface area contributed by atoms with Crippen LogP contribution in [0, 0.1) is 11.3 Å². The Hall–Kier alpha value is -1.08. The first-order chi connectivity index (χ1) is 6.28. The van der Waals surface area contributed by atoms with Crippen molar-refractivity contribution >= 4 is 15.9 Å². The SMILES string of the molecule is N#Cc1cc(OC2CC2)cc(Br)n1. The first-order valence-electron chi connectivity index (χ1n) is 4.02. The van der Waals surface area contributed by atoms with Crippen LogP contribution in [0.2, 0.25) is 0 Å². The quantitative estimate of drug-likeness (QED) is 0.743. The molecule has 0 aromatic carbocycles. The molecule has 1 aliphatic rings. The van der Waals surface area contributed by atoms with Gasteiger partial charge in [-0.15, -0.1) is 0 Å². The largest absolute Gasteiger partial charge is 0.490 e. The molecular weight excluding hydrogens is 232 g/mol. The number of aromatic nitrogens is 1. The summed E-state index contributed by atoms with van der Waals surface area (Å²) >= 11 is 3.22. The highest BCUT2D eigenvalue weighted by atomic mass is 79.9. The molecule has 0 unspecified atom stereocenters. The van der Waals surface area contributed by atoms with E-state index in [-0.39, 0.29) is 0 Å². The molecule has 0 spiro atoms. The molecular formula is C9H7BrN2O. The molecule has 4 heteroatoms. The van der Waals surface area contributed by atoms with Crippen LogP contribution >= 0.6 is 15.9 Å². The molecule has 1 saturated carbocycles. The third-order valence-corrected chi connectivity index (χ3v) is 2.12. The molecule has 2 rings (SSSR count). The van der Waals surface area contributed by atoms with Gasteiger partial charge in [0.15, 0.2) is 0 Å². The fourth-order valence-electron chi connectivity index (χ4n) is 0.977. The van der Waals surface area contributed by atoms with Crippen LogP contribution in [0.4, 0.5) is 0 Å². The van der Waals surface area contributed by atoms with E-state index in [2.05, 4.69) is 20.9 Å². The minimum absolute atomic E-state index is 0.348. The van der Waals surface area contributed by atoms with Gasteiger partial charge in [0.2, 0.25) is 0 Å². The van der Waals surface area contributed by atoms with Crippen LogP contribution in [0.1, 0.15) is 18.5 Å². The van der Waals surface area contributed by atoms with E-state index in [4.69, 9.17) is 10.00 Å². The summed E-state index contributed by atoms with van der Waals surface area (Å²) in [5, 5.41) is 8.65. The van der Waals surface area contributed by atoms with E-state index in [9.17, 15) is 0 Å². The topological polar surface area (TPSA) is 45.9 Å². The first kappa shape index (κ1) is 8.52. The summed E-state index contributed by atoms with van der Waals surface area (Å²) in [5.74, 6) is 0.723. The van der Waals surface area contributed by atoms with Gasteiger partial charge in [-0.05, 0) is 28.8 Å². The van der Waals surface area contributed by atoms with Gasteiger partial charge in [-0.25, -0.2) is 4.98 Å². The maximum atomic E-state index is 8.65. The van der Waals surface area contributed by atoms with Crippen molar-refractivity contribution in [2.75, 3.05) is 0 Å². The Morgan fingerprint density at radius 2 is 2.31 bits per heavy atom. The summed E-state index contributed by atoms with van der Waals surface area (Å²) in [6.45, 7) is 0. The maximum absolute atomic E-state index is 8.65. The van der Waals surface area contributed by atoms with Gasteiger partial charge in [-0.3, -0.25) is 0 Å². The number of pyridine rings is 1. The van der Waals surface area contributed by atoms with Crippen LogP contribution in [-0.2, 0) is 0 Å². The molecule has 0 amide bonds. The van der Waals surface area contributed by atoms with Gasteiger partial charge in [-0.2, -0.15) is 5.26 Å². The molecule has 0 radical (unpaired) electrons. The van der Waals surface area contributed by atoms with Crippen molar-refractivity contribution in [3.8, 4) is 11.8 Å². The number of rotatable bonds is 2. The molecule has 0 atom stereocenters. The van der Waals surface area contributed by atoms with Gasteiger partial charge < -0.3 is 4.74 Å². The average molecular weight is 239 g/mol. The van der Waals surface area contributed by atoms with Crippen molar-refractivity contribution in [2.45, 2.75) is 18.9 Å². The van der Waals surface area contributed by atoms with Crippen LogP contribution in [0.5, 0.6) is 5.75 Å². The summed E-state index contributed by atoms with van der Waals surface area (Å²) < 4.78 is 6.17. The van der Waals surface area contributed by atoms with Gasteiger partial charge in [0.1, 0.15) is 22.1 Å². The number of nitrogens with zero attached hydrogens (tertiary/aromatic N) is 2. The Kier molecular flexibility index (Phi) is 2.19. The highest BCUT2D eigenvalue weighted by Crippen LogP contribution is 2.28. The molecule has 13 heavy (non-hydrogen) atoms. The molecule has 0 aliphatic heterocycles. The van der Waals surface area contributed by atoms with Crippen molar-refractivity contribution in [3.05, 3.63) is 22.4 Å². The predicted molar refractivity (Wildman–Crippen MR) is 50.3 cm³/mol. The van der Waals surface area contributed by atoms with Gasteiger partial charge in [0.05, 0.1) is 6.10 Å². The Balaban J connectivity index is 2.24. The summed E-state index contributed by atoms with van der Waals surface area (Å²) in [6.07, 6.45) is 2.57. The van der Waals surface area contributed by atoms with E-state index in [0.29, 0.717) is 16.4 Å². The molecule has 1 fully saturated rings. The number of nitriles is 1. The van der Waals surface area contributed by atoms with E-state index >= 15 is 0 Å². The summed E-state index contributed by atoms with van der Waals surface area (Å²) in [4.78, 5) is 3.96. The maximum Gasteiger partial charge on any atom is 0.145 e. The monoisotopic (exact) mass is 238 g/mol. The van der Waals surface area contributed by atoms with Gasteiger partial charge in [-0.1, -0.05) is 0 Å². The highest BCUT2D eigenvalue weighted by molar-refractivity contribution is 9.10. The Labute approximate surface area is 84.5 Å². The molecule has 0 N–H and O–H groups in total. The van der Waals surface area contributed by atoms with E-state index in [1.54, 1.807) is 12.1 Å². The molecule has 1 heterocycles. The van der Waals surface area contributed by atoms with Gasteiger partial charge in [0, 0.05) is 12.1 Å². The van der Waals surface area contributed by atoms with Gasteiger partial charge in [0.25, 0.3) is 0 Å².